The molecule has 2 aromatic rings. The number of unbranched alkanes of at least 4 members (excludes halogenated alkanes) is 3. The first-order chi connectivity index (χ1) is 35.7. The van der Waals surface area contributed by atoms with Gasteiger partial charge in [-0.05, 0) is 127 Å². The summed E-state index contributed by atoms with van der Waals surface area (Å²) in [6, 6.07) is 10.5. The fraction of sp³-hybridized carbons (Fsp3) is 0.630. The first kappa shape index (κ1) is 54.0. The van der Waals surface area contributed by atoms with Crippen LogP contribution in [0.5, 0.6) is 0 Å². The lowest BCUT2D eigenvalue weighted by atomic mass is 10.1. The molecule has 10 amide bonds. The van der Waals surface area contributed by atoms with E-state index in [1.807, 2.05) is 24.3 Å². The number of nitrogens with zero attached hydrogens (tertiary/aromatic N) is 4. The second-order valence-electron chi connectivity index (χ2n) is 21.2. The number of hydrogen-bond acceptors (Lipinski definition) is 10. The summed E-state index contributed by atoms with van der Waals surface area (Å²) < 4.78 is 0. The molecule has 0 unspecified atom stereocenters. The molecule has 8 N–H and O–H groups in total. The Bertz CT molecular complexity index is 2180. The minimum atomic E-state index is -1.04. The van der Waals surface area contributed by atoms with Crippen molar-refractivity contribution in [1.29, 1.82) is 0 Å². The summed E-state index contributed by atoms with van der Waals surface area (Å²) in [5.74, 6) is -1.86. The SMILES string of the molecule is CN[C@@H](C)C(=O)N[C@H]1CN(C(=O)NCCCCCCNC(=O)N2CC[C@H]3CC[C@@H](C(=O)NC4Cc5ccccc5C4)N3C(=O)[C@@H](NC(=O)[C@H](C)NC)C2)CC[C@H]2CC[C@@H](C(=O)NC3Cc4ccccc4C3)N2C1=O. The molecular formula is C54H78N12O8. The topological polar surface area (TPSA) is 246 Å². The van der Waals surface area contributed by atoms with Crippen LogP contribution in [0.15, 0.2) is 48.5 Å². The maximum absolute atomic E-state index is 14.4. The van der Waals surface area contributed by atoms with Gasteiger partial charge >= 0.3 is 12.1 Å². The highest BCUT2D eigenvalue weighted by molar-refractivity contribution is 5.96. The lowest BCUT2D eigenvalue weighted by Crippen LogP contribution is -2.63. The van der Waals surface area contributed by atoms with Gasteiger partial charge in [0.1, 0.15) is 24.2 Å². The molecule has 20 nitrogen and oxygen atoms in total. The average Bonchev–Trinajstić information content (AvgIpc) is 4.21. The predicted octanol–water partition coefficient (Wildman–Crippen LogP) is 0.849. The van der Waals surface area contributed by atoms with Crippen molar-refractivity contribution in [3.63, 3.8) is 0 Å². The molecule has 0 spiro atoms. The number of urea groups is 2. The Hall–Kier alpha value is -6.28. The van der Waals surface area contributed by atoms with Gasteiger partial charge in [0, 0.05) is 50.3 Å². The van der Waals surface area contributed by atoms with Gasteiger partial charge in [-0.3, -0.25) is 28.8 Å². The van der Waals surface area contributed by atoms with Gasteiger partial charge < -0.3 is 62.1 Å². The van der Waals surface area contributed by atoms with E-state index in [2.05, 4.69) is 66.8 Å². The summed E-state index contributed by atoms with van der Waals surface area (Å²) >= 11 is 0. The summed E-state index contributed by atoms with van der Waals surface area (Å²) in [6.45, 7) is 4.79. The largest absolute Gasteiger partial charge is 0.351 e. The van der Waals surface area contributed by atoms with E-state index in [1.165, 1.54) is 22.3 Å². The van der Waals surface area contributed by atoms with Crippen molar-refractivity contribution in [3.05, 3.63) is 70.8 Å². The van der Waals surface area contributed by atoms with E-state index in [4.69, 9.17) is 0 Å². The number of nitrogens with one attached hydrogen (secondary N) is 8. The highest BCUT2D eigenvalue weighted by Crippen LogP contribution is 2.32. The Morgan fingerprint density at radius 1 is 0.514 bits per heavy atom. The van der Waals surface area contributed by atoms with E-state index in [0.717, 1.165) is 38.5 Å². The average molecular weight is 1020 g/mol. The highest BCUT2D eigenvalue weighted by atomic mass is 16.2. The maximum atomic E-state index is 14.4. The molecule has 8 atom stereocenters. The van der Waals surface area contributed by atoms with Crippen LogP contribution in [0.1, 0.15) is 100 Å². The van der Waals surface area contributed by atoms with Crippen LogP contribution in [0.2, 0.25) is 0 Å². The maximum Gasteiger partial charge on any atom is 0.317 e. The minimum Gasteiger partial charge on any atom is -0.351 e. The van der Waals surface area contributed by atoms with Gasteiger partial charge in [-0.25, -0.2) is 9.59 Å². The Kier molecular flexibility index (Phi) is 18.1. The third-order valence-electron chi connectivity index (χ3n) is 16.3. The van der Waals surface area contributed by atoms with E-state index in [1.54, 1.807) is 47.5 Å². The molecule has 402 valence electrons. The molecule has 4 fully saturated rings. The molecule has 4 heterocycles. The molecule has 0 saturated carbocycles. The fourth-order valence-corrected chi connectivity index (χ4v) is 11.8. The molecule has 0 aromatic heterocycles. The summed E-state index contributed by atoms with van der Waals surface area (Å²) in [7, 11) is 3.31. The van der Waals surface area contributed by atoms with E-state index in [-0.39, 0.29) is 84.8 Å². The molecule has 6 aliphatic rings. The zero-order valence-electron chi connectivity index (χ0n) is 43.6. The van der Waals surface area contributed by atoms with Crippen molar-refractivity contribution in [2.75, 3.05) is 53.4 Å². The normalized spacial score (nSPS) is 24.8. The Balaban J connectivity index is 0.784. The van der Waals surface area contributed by atoms with Crippen molar-refractivity contribution in [1.82, 2.24) is 62.1 Å². The van der Waals surface area contributed by atoms with Crippen LogP contribution in [0.25, 0.3) is 0 Å². The number of carbonyl (C=O) groups is 8. The molecule has 2 aliphatic carbocycles. The molecule has 0 radical (unpaired) electrons. The number of fused-ring (bicyclic) bond motifs is 4. The van der Waals surface area contributed by atoms with E-state index in [9.17, 15) is 38.4 Å². The van der Waals surface area contributed by atoms with Crippen molar-refractivity contribution in [2.24, 2.45) is 0 Å². The molecule has 0 bridgehead atoms. The van der Waals surface area contributed by atoms with Crippen LogP contribution >= 0.6 is 0 Å². The van der Waals surface area contributed by atoms with Gasteiger partial charge in [0.25, 0.3) is 0 Å². The quantitative estimate of drug-likeness (QED) is 0.104. The molecule has 4 saturated heterocycles. The summed E-state index contributed by atoms with van der Waals surface area (Å²) in [5.41, 5.74) is 4.87. The summed E-state index contributed by atoms with van der Waals surface area (Å²) in [6.07, 6.45) is 9.10. The monoisotopic (exact) mass is 1020 g/mol. The van der Waals surface area contributed by atoms with Crippen LogP contribution in [-0.2, 0) is 54.5 Å². The second kappa shape index (κ2) is 24.8. The van der Waals surface area contributed by atoms with E-state index < -0.39 is 36.3 Å². The third kappa shape index (κ3) is 12.8. The Labute approximate surface area is 435 Å². The van der Waals surface area contributed by atoms with E-state index in [0.29, 0.717) is 77.5 Å². The number of hydrogen-bond donors (Lipinski definition) is 8. The second-order valence-corrected chi connectivity index (χ2v) is 21.2. The van der Waals surface area contributed by atoms with Crippen LogP contribution in [-0.4, -0.2) is 181 Å². The third-order valence-corrected chi connectivity index (χ3v) is 16.3. The van der Waals surface area contributed by atoms with Crippen molar-refractivity contribution < 1.29 is 38.4 Å². The lowest BCUT2D eigenvalue weighted by Gasteiger charge is -2.39. The summed E-state index contributed by atoms with van der Waals surface area (Å²) in [4.78, 5) is 117. The van der Waals surface area contributed by atoms with Gasteiger partial charge in [0.15, 0.2) is 0 Å². The van der Waals surface area contributed by atoms with Gasteiger partial charge in [-0.2, -0.15) is 0 Å². The van der Waals surface area contributed by atoms with Crippen molar-refractivity contribution in [2.45, 2.75) is 164 Å². The zero-order valence-corrected chi connectivity index (χ0v) is 43.6. The Morgan fingerprint density at radius 2 is 0.878 bits per heavy atom. The van der Waals surface area contributed by atoms with Gasteiger partial charge in [0.05, 0.1) is 25.2 Å². The minimum absolute atomic E-state index is 0.0393. The molecule has 74 heavy (non-hydrogen) atoms. The number of carbonyl (C=O) groups excluding carboxylic acids is 8. The lowest BCUT2D eigenvalue weighted by molar-refractivity contribution is -0.145. The number of rotatable bonds is 17. The van der Waals surface area contributed by atoms with Gasteiger partial charge in [0.2, 0.25) is 35.4 Å². The molecule has 8 rings (SSSR count). The summed E-state index contributed by atoms with van der Waals surface area (Å²) in [5, 5.41) is 24.0. The smallest absolute Gasteiger partial charge is 0.317 e. The fourth-order valence-electron chi connectivity index (χ4n) is 11.8. The number of amides is 10. The van der Waals surface area contributed by atoms with Gasteiger partial charge in [-0.1, -0.05) is 61.4 Å². The number of benzene rings is 2. The van der Waals surface area contributed by atoms with Crippen LogP contribution in [0.3, 0.4) is 0 Å². The first-order valence-corrected chi connectivity index (χ1v) is 27.1. The van der Waals surface area contributed by atoms with Crippen molar-refractivity contribution >= 4 is 47.5 Å². The van der Waals surface area contributed by atoms with Crippen LogP contribution in [0.4, 0.5) is 9.59 Å². The first-order valence-electron chi connectivity index (χ1n) is 27.1. The van der Waals surface area contributed by atoms with Crippen LogP contribution in [0, 0.1) is 0 Å². The van der Waals surface area contributed by atoms with Crippen LogP contribution < -0.4 is 42.5 Å². The standard InChI is InChI=1S/C54H78N12O8/c1-33(55-3)47(67)61-43-31-63(25-21-41-17-19-45(65(41)51(43)71)49(69)59-39-27-35-13-7-8-14-36(35)28-39)53(73)57-23-11-5-6-12-24-58-54(74)64-26-22-42-18-20-46(50(70)60-40-29-37-15-9-10-16-38(37)30-40)66(42)52(72)44(32-64)62-48(68)34(2)56-4/h7-10,13-16,33-34,39-46,55-56H,5-6,11-12,17-32H2,1-4H3,(H,57,73)(H,58,74)(H,59,69)(H,60,70)(H,61,67)(H,62,68)/t33-,34-,41+,42+,43-,44-,45-,46-/m0/s1. The van der Waals surface area contributed by atoms with Gasteiger partial charge in [-0.15, -0.1) is 0 Å². The van der Waals surface area contributed by atoms with E-state index >= 15 is 0 Å². The molecule has 20 heteroatoms. The molecule has 2 aromatic carbocycles. The highest BCUT2D eigenvalue weighted by Gasteiger charge is 2.48. The Morgan fingerprint density at radius 3 is 1.23 bits per heavy atom. The molecule has 4 aliphatic heterocycles. The number of likely N-dealkylation sites (N-methyl/N-ethyl adjacent to an activating group) is 2. The molecular weight excluding hydrogens is 945 g/mol. The van der Waals surface area contributed by atoms with Crippen molar-refractivity contribution in [3.8, 4) is 0 Å². The zero-order chi connectivity index (χ0) is 52.5. The predicted molar refractivity (Wildman–Crippen MR) is 277 cm³/mol.